The number of hydrogen-bond donors (Lipinski definition) is 2. The predicted molar refractivity (Wildman–Crippen MR) is 187 cm³/mol. The minimum Gasteiger partial charge on any atom is -0.455 e. The number of halogens is 1. The number of nitrogens with zero attached hydrogens (tertiary/aromatic N) is 2. The molecule has 3 aliphatic rings. The fourth-order valence-corrected chi connectivity index (χ4v) is 8.64. The van der Waals surface area contributed by atoms with Crippen molar-refractivity contribution in [3.8, 4) is 0 Å². The van der Waals surface area contributed by atoms with Crippen molar-refractivity contribution in [1.82, 2.24) is 15.1 Å². The lowest BCUT2D eigenvalue weighted by Crippen LogP contribution is -2.62. The van der Waals surface area contributed by atoms with E-state index in [-0.39, 0.29) is 42.1 Å². The van der Waals surface area contributed by atoms with E-state index >= 15 is 0 Å². The molecule has 1 spiro atoms. The van der Waals surface area contributed by atoms with Crippen LogP contribution in [0.4, 0.5) is 0 Å². The van der Waals surface area contributed by atoms with E-state index in [1.807, 2.05) is 65.0 Å². The standard InChI is InChI=1S/C37H52BrN3O7/c1-9-12-18-27(43)39-23(5)30(24-16-14-13-15-17-24)47-35(46)28-29-33(44)41(26(21-42)22(4)11-3)32(37(29)20-25(38)31(28)48-37)34(45)40(19-10-2)36(6,7)8/h9-10,13-17,22-23,25-26,28-32,42H,1-2,11-12,18-21H2,3-8H3,(H,39,43)/t22-,23-,25?,26-,28+,29-,30-,31+,32+,37-/m0/s1. The molecule has 0 saturated carbocycles. The lowest BCUT2D eigenvalue weighted by molar-refractivity contribution is -0.163. The van der Waals surface area contributed by atoms with Crippen LogP contribution >= 0.6 is 15.9 Å². The first-order chi connectivity index (χ1) is 22.7. The Morgan fingerprint density at radius 1 is 1.21 bits per heavy atom. The molecule has 3 fully saturated rings. The minimum absolute atomic E-state index is 0.137. The molecule has 10 nitrogen and oxygen atoms in total. The monoisotopic (exact) mass is 729 g/mol. The number of esters is 1. The van der Waals surface area contributed by atoms with Crippen LogP contribution in [-0.4, -0.2) is 91.9 Å². The molecule has 0 radical (unpaired) electrons. The lowest BCUT2D eigenvalue weighted by Gasteiger charge is -2.44. The fourth-order valence-electron chi connectivity index (χ4n) is 7.70. The number of carbonyl (C=O) groups is 4. The summed E-state index contributed by atoms with van der Waals surface area (Å²) in [6, 6.07) is 6.83. The zero-order chi connectivity index (χ0) is 35.6. The number of aliphatic hydroxyl groups is 1. The van der Waals surface area contributed by atoms with Crippen LogP contribution in [0, 0.1) is 17.8 Å². The van der Waals surface area contributed by atoms with Gasteiger partial charge in [0.05, 0.1) is 36.6 Å². The highest BCUT2D eigenvalue weighted by Crippen LogP contribution is 2.61. The van der Waals surface area contributed by atoms with Gasteiger partial charge in [0.15, 0.2) is 0 Å². The maximum atomic E-state index is 14.8. The summed E-state index contributed by atoms with van der Waals surface area (Å²) in [5.74, 6) is -3.71. The largest absolute Gasteiger partial charge is 0.455 e. The summed E-state index contributed by atoms with van der Waals surface area (Å²) in [6.45, 7) is 18.9. The molecule has 2 bridgehead atoms. The highest BCUT2D eigenvalue weighted by Gasteiger charge is 2.78. The van der Waals surface area contributed by atoms with Crippen LogP contribution in [0.3, 0.4) is 0 Å². The summed E-state index contributed by atoms with van der Waals surface area (Å²) < 4.78 is 13.0. The van der Waals surface area contributed by atoms with Crippen LogP contribution in [0.1, 0.15) is 78.9 Å². The van der Waals surface area contributed by atoms with Gasteiger partial charge in [0.2, 0.25) is 17.7 Å². The second-order valence-electron chi connectivity index (χ2n) is 14.4. The molecule has 1 aromatic rings. The number of nitrogens with one attached hydrogen (secondary N) is 1. The van der Waals surface area contributed by atoms with Crippen molar-refractivity contribution in [3.63, 3.8) is 0 Å². The number of rotatable bonds is 15. The third-order valence-corrected chi connectivity index (χ3v) is 11.1. The first-order valence-corrected chi connectivity index (χ1v) is 17.9. The molecule has 1 unspecified atom stereocenters. The Morgan fingerprint density at radius 3 is 2.44 bits per heavy atom. The van der Waals surface area contributed by atoms with Gasteiger partial charge in [0, 0.05) is 23.3 Å². The van der Waals surface area contributed by atoms with E-state index in [0.29, 0.717) is 24.8 Å². The summed E-state index contributed by atoms with van der Waals surface area (Å²) in [6.07, 6.45) is 3.49. The fraction of sp³-hybridized carbons (Fsp3) is 0.622. The number of hydrogen-bond acceptors (Lipinski definition) is 7. The second kappa shape index (κ2) is 15.3. The minimum atomic E-state index is -1.32. The number of carbonyl (C=O) groups excluding carboxylic acids is 4. The molecule has 48 heavy (non-hydrogen) atoms. The highest BCUT2D eigenvalue weighted by atomic mass is 79.9. The molecule has 3 saturated heterocycles. The van der Waals surface area contributed by atoms with Crippen LogP contribution < -0.4 is 5.32 Å². The van der Waals surface area contributed by atoms with Gasteiger partial charge in [0.1, 0.15) is 17.7 Å². The normalized spacial score (nSPS) is 28.6. The molecule has 3 heterocycles. The Balaban J connectivity index is 1.77. The molecule has 2 N–H and O–H groups in total. The summed E-state index contributed by atoms with van der Waals surface area (Å²) >= 11 is 3.73. The van der Waals surface area contributed by atoms with Crippen molar-refractivity contribution < 1.29 is 33.8 Å². The third kappa shape index (κ3) is 7.01. The van der Waals surface area contributed by atoms with Gasteiger partial charge in [-0.15, -0.1) is 13.2 Å². The number of fused-ring (bicyclic) bond motifs is 1. The predicted octanol–water partition coefficient (Wildman–Crippen LogP) is 4.71. The number of ether oxygens (including phenoxy) is 2. The van der Waals surface area contributed by atoms with Crippen molar-refractivity contribution in [2.75, 3.05) is 13.2 Å². The zero-order valence-electron chi connectivity index (χ0n) is 29.1. The maximum Gasteiger partial charge on any atom is 0.313 e. The average molecular weight is 731 g/mol. The number of aliphatic hydroxyl groups excluding tert-OH is 1. The van der Waals surface area contributed by atoms with E-state index < -0.39 is 65.2 Å². The van der Waals surface area contributed by atoms with E-state index in [1.165, 1.54) is 4.90 Å². The van der Waals surface area contributed by atoms with Crippen molar-refractivity contribution in [3.05, 3.63) is 61.2 Å². The molecular formula is C37H52BrN3O7. The summed E-state index contributed by atoms with van der Waals surface area (Å²) in [5, 5.41) is 13.6. The van der Waals surface area contributed by atoms with Crippen LogP contribution in [0.5, 0.6) is 0 Å². The molecular weight excluding hydrogens is 678 g/mol. The van der Waals surface area contributed by atoms with Crippen molar-refractivity contribution in [2.45, 2.75) is 114 Å². The summed E-state index contributed by atoms with van der Waals surface area (Å²) in [4.78, 5) is 59.5. The van der Waals surface area contributed by atoms with E-state index in [1.54, 1.807) is 24.0 Å². The number of allylic oxidation sites excluding steroid dienone is 1. The van der Waals surface area contributed by atoms with Crippen LogP contribution in [0.25, 0.3) is 0 Å². The summed E-state index contributed by atoms with van der Waals surface area (Å²) in [5.41, 5.74) is -1.25. The first-order valence-electron chi connectivity index (χ1n) is 17.0. The molecule has 3 aliphatic heterocycles. The van der Waals surface area contributed by atoms with Gasteiger partial charge in [-0.1, -0.05) is 78.7 Å². The molecule has 4 rings (SSSR count). The lowest BCUT2D eigenvalue weighted by atomic mass is 9.70. The Labute approximate surface area is 293 Å². The van der Waals surface area contributed by atoms with E-state index in [4.69, 9.17) is 9.47 Å². The van der Waals surface area contributed by atoms with Gasteiger partial charge in [-0.2, -0.15) is 0 Å². The Kier molecular flexibility index (Phi) is 12.0. The SMILES string of the molecule is C=CCCC(=O)N[C@@H](C)[C@H](OC(=O)[C@H]1[C@@H]2O[C@@]3(CC2Br)[C@@H]1C(=O)N([C@@H](CO)[C@@H](C)CC)[C@@H]3C(=O)N(CC=C)C(C)(C)C)c1ccccc1. The van der Waals surface area contributed by atoms with Crippen molar-refractivity contribution >= 4 is 39.6 Å². The summed E-state index contributed by atoms with van der Waals surface area (Å²) in [7, 11) is 0. The molecule has 0 aromatic heterocycles. The first kappa shape index (κ1) is 37.8. The van der Waals surface area contributed by atoms with E-state index in [0.717, 1.165) is 0 Å². The van der Waals surface area contributed by atoms with Crippen LogP contribution in [0.15, 0.2) is 55.6 Å². The van der Waals surface area contributed by atoms with E-state index in [2.05, 4.69) is 34.4 Å². The average Bonchev–Trinajstić information content (AvgIpc) is 3.64. The van der Waals surface area contributed by atoms with Gasteiger partial charge in [-0.3, -0.25) is 19.2 Å². The topological polar surface area (TPSA) is 125 Å². The molecule has 1 aromatic carbocycles. The highest BCUT2D eigenvalue weighted by molar-refractivity contribution is 9.09. The van der Waals surface area contributed by atoms with Crippen LogP contribution in [0.2, 0.25) is 0 Å². The van der Waals surface area contributed by atoms with Crippen LogP contribution in [-0.2, 0) is 28.7 Å². The smallest absolute Gasteiger partial charge is 0.313 e. The van der Waals surface area contributed by atoms with Gasteiger partial charge >= 0.3 is 5.97 Å². The molecule has 0 aliphatic carbocycles. The number of benzene rings is 1. The van der Waals surface area contributed by atoms with Gasteiger partial charge < -0.3 is 29.7 Å². The van der Waals surface area contributed by atoms with Crippen molar-refractivity contribution in [2.24, 2.45) is 17.8 Å². The zero-order valence-corrected chi connectivity index (χ0v) is 30.6. The van der Waals surface area contributed by atoms with Gasteiger partial charge in [-0.25, -0.2) is 0 Å². The van der Waals surface area contributed by atoms with E-state index in [9.17, 15) is 24.3 Å². The molecule has 11 heteroatoms. The second-order valence-corrected chi connectivity index (χ2v) is 15.6. The Hall–Kier alpha value is -3.02. The quantitative estimate of drug-likeness (QED) is 0.152. The maximum absolute atomic E-state index is 14.8. The third-order valence-electron chi connectivity index (χ3n) is 10.3. The Bertz CT molecular complexity index is 1370. The van der Waals surface area contributed by atoms with Gasteiger partial charge in [0.25, 0.3) is 0 Å². The molecule has 10 atom stereocenters. The number of alkyl halides is 1. The Morgan fingerprint density at radius 2 is 1.88 bits per heavy atom. The molecule has 264 valence electrons. The molecule has 3 amide bonds. The number of amides is 3. The number of likely N-dealkylation sites (tertiary alicyclic amines) is 1. The van der Waals surface area contributed by atoms with Crippen molar-refractivity contribution in [1.29, 1.82) is 0 Å². The van der Waals surface area contributed by atoms with Gasteiger partial charge in [-0.05, 0) is 52.0 Å².